The highest BCUT2D eigenvalue weighted by molar-refractivity contribution is 14.0. The van der Waals surface area contributed by atoms with E-state index in [2.05, 4.69) is 25.3 Å². The molecule has 0 spiro atoms. The number of alkyl halides is 2. The van der Waals surface area contributed by atoms with Crippen LogP contribution in [0, 0.1) is 0 Å². The molecule has 0 saturated carbocycles. The second-order valence-corrected chi connectivity index (χ2v) is 6.57. The van der Waals surface area contributed by atoms with Crippen LogP contribution in [0.2, 0.25) is 0 Å². The third kappa shape index (κ3) is 9.53. The van der Waals surface area contributed by atoms with Crippen molar-refractivity contribution in [3.8, 4) is 17.4 Å². The number of halogens is 3. The fraction of sp³-hybridized carbons (Fsp3) is 0.429. The van der Waals surface area contributed by atoms with Crippen molar-refractivity contribution in [1.29, 1.82) is 0 Å². The van der Waals surface area contributed by atoms with Crippen LogP contribution in [-0.2, 0) is 13.1 Å². The van der Waals surface area contributed by atoms with Crippen molar-refractivity contribution in [2.75, 3.05) is 13.7 Å². The minimum atomic E-state index is -2.91. The summed E-state index contributed by atoms with van der Waals surface area (Å²) in [5.74, 6) is 1.72. The van der Waals surface area contributed by atoms with Crippen LogP contribution >= 0.6 is 24.0 Å². The number of nitrogens with zero attached hydrogens (tertiary/aromatic N) is 2. The molecule has 7 nitrogen and oxygen atoms in total. The van der Waals surface area contributed by atoms with Crippen LogP contribution in [0.1, 0.15) is 31.9 Å². The Labute approximate surface area is 198 Å². The molecule has 1 aromatic heterocycles. The Morgan fingerprint density at radius 1 is 1.13 bits per heavy atom. The molecule has 2 rings (SSSR count). The summed E-state index contributed by atoms with van der Waals surface area (Å²) >= 11 is 0. The van der Waals surface area contributed by atoms with Crippen molar-refractivity contribution in [3.05, 3.63) is 47.7 Å². The quantitative estimate of drug-likeness (QED) is 0.260. The molecular formula is C21H29F2IN4O3. The zero-order valence-corrected chi connectivity index (χ0v) is 20.4. The largest absolute Gasteiger partial charge is 0.497 e. The third-order valence-corrected chi connectivity index (χ3v) is 3.85. The van der Waals surface area contributed by atoms with Gasteiger partial charge in [0, 0.05) is 30.9 Å². The summed E-state index contributed by atoms with van der Waals surface area (Å²) in [5.41, 5.74) is 1.43. The van der Waals surface area contributed by atoms with Gasteiger partial charge in [-0.2, -0.15) is 8.78 Å². The van der Waals surface area contributed by atoms with E-state index in [4.69, 9.17) is 9.47 Å². The van der Waals surface area contributed by atoms with E-state index < -0.39 is 6.61 Å². The fourth-order valence-corrected chi connectivity index (χ4v) is 2.54. The number of nitrogens with one attached hydrogen (secondary N) is 2. The van der Waals surface area contributed by atoms with Gasteiger partial charge in [0.1, 0.15) is 11.5 Å². The first-order valence-electron chi connectivity index (χ1n) is 9.66. The van der Waals surface area contributed by atoms with Crippen LogP contribution in [0.25, 0.3) is 0 Å². The Morgan fingerprint density at radius 3 is 2.48 bits per heavy atom. The molecule has 10 heteroatoms. The van der Waals surface area contributed by atoms with Gasteiger partial charge in [0.2, 0.25) is 5.88 Å². The van der Waals surface area contributed by atoms with E-state index >= 15 is 0 Å². The number of hydrogen-bond acceptors (Lipinski definition) is 5. The molecule has 0 bridgehead atoms. The molecule has 0 atom stereocenters. The molecule has 0 fully saturated rings. The summed E-state index contributed by atoms with van der Waals surface area (Å²) in [6.45, 7) is 4.17. The van der Waals surface area contributed by atoms with E-state index in [1.54, 1.807) is 24.4 Å². The Morgan fingerprint density at radius 2 is 1.90 bits per heavy atom. The minimum absolute atomic E-state index is 0. The Balaban J connectivity index is 0.00000480. The van der Waals surface area contributed by atoms with Crippen molar-refractivity contribution in [1.82, 2.24) is 15.6 Å². The van der Waals surface area contributed by atoms with Crippen molar-refractivity contribution in [2.45, 2.75) is 46.6 Å². The Hall–Kier alpha value is -2.37. The fourth-order valence-electron chi connectivity index (χ4n) is 2.54. The average molecular weight is 550 g/mol. The lowest BCUT2D eigenvalue weighted by molar-refractivity contribution is -0.0505. The highest BCUT2D eigenvalue weighted by Crippen LogP contribution is 2.25. The van der Waals surface area contributed by atoms with Crippen molar-refractivity contribution in [3.63, 3.8) is 0 Å². The minimum Gasteiger partial charge on any atom is -0.497 e. The summed E-state index contributed by atoms with van der Waals surface area (Å²) in [6, 6.07) is 8.37. The van der Waals surface area contributed by atoms with Gasteiger partial charge in [-0.05, 0) is 44.5 Å². The van der Waals surface area contributed by atoms with Gasteiger partial charge in [-0.25, -0.2) is 9.98 Å². The summed E-state index contributed by atoms with van der Waals surface area (Å²) < 4.78 is 40.7. The van der Waals surface area contributed by atoms with Gasteiger partial charge < -0.3 is 24.8 Å². The van der Waals surface area contributed by atoms with Gasteiger partial charge >= 0.3 is 6.61 Å². The van der Waals surface area contributed by atoms with E-state index in [0.29, 0.717) is 36.2 Å². The van der Waals surface area contributed by atoms with E-state index in [-0.39, 0.29) is 42.4 Å². The molecule has 1 aromatic carbocycles. The van der Waals surface area contributed by atoms with Gasteiger partial charge in [-0.1, -0.05) is 6.07 Å². The number of ether oxygens (including phenoxy) is 3. The number of benzene rings is 1. The van der Waals surface area contributed by atoms with Crippen molar-refractivity contribution in [2.24, 2.45) is 4.99 Å². The number of pyridine rings is 1. The lowest BCUT2D eigenvalue weighted by Gasteiger charge is -2.15. The predicted octanol–water partition coefficient (Wildman–Crippen LogP) is 4.35. The summed E-state index contributed by atoms with van der Waals surface area (Å²) in [5, 5.41) is 6.25. The first-order chi connectivity index (χ1) is 14.4. The van der Waals surface area contributed by atoms with Crippen LogP contribution in [0.15, 0.2) is 41.5 Å². The molecule has 2 N–H and O–H groups in total. The van der Waals surface area contributed by atoms with Crippen LogP contribution in [0.5, 0.6) is 17.4 Å². The molecule has 0 aliphatic carbocycles. The zero-order chi connectivity index (χ0) is 21.9. The smallest absolute Gasteiger partial charge is 0.387 e. The normalized spacial score (nSPS) is 11.2. The lowest BCUT2D eigenvalue weighted by atomic mass is 10.2. The molecule has 172 valence electrons. The van der Waals surface area contributed by atoms with Gasteiger partial charge in [-0.15, -0.1) is 24.0 Å². The van der Waals surface area contributed by atoms with Crippen molar-refractivity contribution >= 4 is 29.9 Å². The summed E-state index contributed by atoms with van der Waals surface area (Å²) in [6.07, 6.45) is 1.77. The van der Waals surface area contributed by atoms with Gasteiger partial charge in [0.05, 0.1) is 19.8 Å². The maximum absolute atomic E-state index is 12.7. The van der Waals surface area contributed by atoms with E-state index in [9.17, 15) is 8.78 Å². The highest BCUT2D eigenvalue weighted by atomic mass is 127. The van der Waals surface area contributed by atoms with Crippen LogP contribution in [-0.4, -0.2) is 37.3 Å². The number of hydrogen-bond donors (Lipinski definition) is 2. The van der Waals surface area contributed by atoms with E-state index in [1.165, 1.54) is 13.2 Å². The Kier molecular flexibility index (Phi) is 11.9. The monoisotopic (exact) mass is 550 g/mol. The van der Waals surface area contributed by atoms with Crippen LogP contribution < -0.4 is 24.8 Å². The molecule has 0 radical (unpaired) electrons. The zero-order valence-electron chi connectivity index (χ0n) is 18.0. The number of aromatic nitrogens is 1. The maximum atomic E-state index is 12.7. The first-order valence-corrected chi connectivity index (χ1v) is 9.66. The molecule has 0 unspecified atom stereocenters. The molecular weight excluding hydrogens is 521 g/mol. The third-order valence-electron chi connectivity index (χ3n) is 3.85. The number of aliphatic imine (C=N–C) groups is 1. The van der Waals surface area contributed by atoms with Crippen molar-refractivity contribution < 1.29 is 23.0 Å². The van der Waals surface area contributed by atoms with Crippen LogP contribution in [0.3, 0.4) is 0 Å². The SMILES string of the molecule is CCNC(=NCc1ccc(OC(C)C)nc1)NCc1cc(OC)ccc1OC(F)F.I. The molecule has 2 aromatic rings. The number of methoxy groups -OCH3 is 1. The second-order valence-electron chi connectivity index (χ2n) is 6.57. The average Bonchev–Trinajstić information content (AvgIpc) is 2.71. The topological polar surface area (TPSA) is 77.0 Å². The highest BCUT2D eigenvalue weighted by Gasteiger charge is 2.11. The molecule has 0 saturated heterocycles. The van der Waals surface area contributed by atoms with E-state index in [0.717, 1.165) is 5.56 Å². The summed E-state index contributed by atoms with van der Waals surface area (Å²) in [7, 11) is 1.51. The molecule has 1 heterocycles. The molecule has 0 amide bonds. The lowest BCUT2D eigenvalue weighted by Crippen LogP contribution is -2.36. The first kappa shape index (κ1) is 26.7. The number of guanidine groups is 1. The standard InChI is InChI=1S/C21H28F2N4O3.HI/c1-5-24-21(26-12-15-6-9-19(25-11-15)29-14(2)3)27-13-16-10-17(28-4)7-8-18(16)30-20(22)23;/h6-11,14,20H,5,12-13H2,1-4H3,(H2,24,26,27);1H. The van der Waals surface area contributed by atoms with Gasteiger partial charge in [-0.3, -0.25) is 0 Å². The van der Waals surface area contributed by atoms with Gasteiger partial charge in [0.25, 0.3) is 0 Å². The number of rotatable bonds is 10. The summed E-state index contributed by atoms with van der Waals surface area (Å²) in [4.78, 5) is 8.78. The van der Waals surface area contributed by atoms with Gasteiger partial charge in [0.15, 0.2) is 5.96 Å². The second kappa shape index (κ2) is 13.8. The Bertz CT molecular complexity index is 821. The molecule has 0 aliphatic heterocycles. The predicted molar refractivity (Wildman–Crippen MR) is 127 cm³/mol. The van der Waals surface area contributed by atoms with Crippen LogP contribution in [0.4, 0.5) is 8.78 Å². The molecule has 31 heavy (non-hydrogen) atoms. The van der Waals surface area contributed by atoms with E-state index in [1.807, 2.05) is 26.8 Å². The molecule has 0 aliphatic rings. The maximum Gasteiger partial charge on any atom is 0.387 e.